The topological polar surface area (TPSA) is 20.3 Å². The zero-order chi connectivity index (χ0) is 15.0. The van der Waals surface area contributed by atoms with Crippen LogP contribution in [0.15, 0.2) is 12.2 Å². The lowest BCUT2D eigenvalue weighted by Gasteiger charge is -2.22. The van der Waals surface area contributed by atoms with Crippen LogP contribution in [0.2, 0.25) is 0 Å². The lowest BCUT2D eigenvalue weighted by atomic mass is 9.86. The van der Waals surface area contributed by atoms with Crippen molar-refractivity contribution >= 4 is 5.91 Å². The van der Waals surface area contributed by atoms with Crippen molar-refractivity contribution in [3.8, 4) is 0 Å². The van der Waals surface area contributed by atoms with E-state index in [9.17, 15) is 4.79 Å². The van der Waals surface area contributed by atoms with E-state index in [1.165, 1.54) is 44.9 Å². The zero-order valence-corrected chi connectivity index (χ0v) is 13.9. The molecule has 0 aliphatic heterocycles. The second kappa shape index (κ2) is 9.20. The van der Waals surface area contributed by atoms with Gasteiger partial charge in [0.25, 0.3) is 0 Å². The standard InChI is InChI=1S/C18H33NO/c1-15(2)17(18(20)19(3)4)14-10-6-9-13-16-11-7-5-8-12-16/h6,10,15-17H,5,7-9,11-14H2,1-4H3/t17-/m0/s1. The predicted octanol–water partition coefficient (Wildman–Crippen LogP) is 4.65. The van der Waals surface area contributed by atoms with Crippen LogP contribution in [0, 0.1) is 17.8 Å². The molecule has 0 saturated heterocycles. The molecule has 0 aromatic heterocycles. The fraction of sp³-hybridized carbons (Fsp3) is 0.833. The number of rotatable bonds is 7. The van der Waals surface area contributed by atoms with Gasteiger partial charge in [-0.3, -0.25) is 4.79 Å². The molecule has 1 amide bonds. The van der Waals surface area contributed by atoms with E-state index in [4.69, 9.17) is 0 Å². The maximum absolute atomic E-state index is 12.1. The summed E-state index contributed by atoms with van der Waals surface area (Å²) in [7, 11) is 3.70. The molecule has 116 valence electrons. The maximum atomic E-state index is 12.1. The third-order valence-electron chi connectivity index (χ3n) is 4.59. The lowest BCUT2D eigenvalue weighted by Crippen LogP contribution is -2.32. The van der Waals surface area contributed by atoms with Crippen LogP contribution < -0.4 is 0 Å². The zero-order valence-electron chi connectivity index (χ0n) is 13.9. The fourth-order valence-corrected chi connectivity index (χ4v) is 3.16. The van der Waals surface area contributed by atoms with Crippen LogP contribution in [0.4, 0.5) is 0 Å². The van der Waals surface area contributed by atoms with Crippen molar-refractivity contribution in [2.75, 3.05) is 14.1 Å². The first kappa shape index (κ1) is 17.3. The Morgan fingerprint density at radius 3 is 2.35 bits per heavy atom. The summed E-state index contributed by atoms with van der Waals surface area (Å²) in [6.07, 6.45) is 15.1. The van der Waals surface area contributed by atoms with Crippen LogP contribution >= 0.6 is 0 Å². The third kappa shape index (κ3) is 6.11. The molecule has 1 aliphatic carbocycles. The van der Waals surface area contributed by atoms with Gasteiger partial charge < -0.3 is 4.90 Å². The molecule has 0 heterocycles. The van der Waals surface area contributed by atoms with Gasteiger partial charge in [0, 0.05) is 20.0 Å². The molecule has 2 nitrogen and oxygen atoms in total. The summed E-state index contributed by atoms with van der Waals surface area (Å²) in [6.45, 7) is 4.28. The molecule has 20 heavy (non-hydrogen) atoms. The van der Waals surface area contributed by atoms with Gasteiger partial charge in [0.05, 0.1) is 0 Å². The number of amides is 1. The largest absolute Gasteiger partial charge is 0.349 e. The van der Waals surface area contributed by atoms with Crippen LogP contribution in [-0.4, -0.2) is 24.9 Å². The second-order valence-electron chi connectivity index (χ2n) is 6.87. The molecule has 1 fully saturated rings. The van der Waals surface area contributed by atoms with Crippen molar-refractivity contribution in [1.82, 2.24) is 4.90 Å². The normalized spacial score (nSPS) is 18.6. The van der Waals surface area contributed by atoms with Crippen molar-refractivity contribution in [3.63, 3.8) is 0 Å². The molecule has 0 bridgehead atoms. The number of hydrogen-bond acceptors (Lipinski definition) is 1. The molecule has 1 rings (SSSR count). The quantitative estimate of drug-likeness (QED) is 0.621. The van der Waals surface area contributed by atoms with Gasteiger partial charge in [-0.2, -0.15) is 0 Å². The molecule has 1 aliphatic rings. The minimum atomic E-state index is 0.135. The molecule has 0 radical (unpaired) electrons. The average Bonchev–Trinajstić information content (AvgIpc) is 2.42. The Balaban J connectivity index is 2.28. The van der Waals surface area contributed by atoms with E-state index in [1.54, 1.807) is 4.90 Å². The Morgan fingerprint density at radius 1 is 1.15 bits per heavy atom. The highest BCUT2D eigenvalue weighted by atomic mass is 16.2. The molecular formula is C18H33NO. The Labute approximate surface area is 125 Å². The van der Waals surface area contributed by atoms with Crippen LogP contribution in [0.3, 0.4) is 0 Å². The van der Waals surface area contributed by atoms with Gasteiger partial charge >= 0.3 is 0 Å². The van der Waals surface area contributed by atoms with E-state index in [2.05, 4.69) is 26.0 Å². The summed E-state index contributed by atoms with van der Waals surface area (Å²) in [5, 5.41) is 0. The molecule has 2 heteroatoms. The molecular weight excluding hydrogens is 246 g/mol. The number of allylic oxidation sites excluding steroid dienone is 2. The van der Waals surface area contributed by atoms with E-state index >= 15 is 0 Å². The van der Waals surface area contributed by atoms with Crippen molar-refractivity contribution in [2.45, 2.75) is 65.2 Å². The number of carbonyl (C=O) groups excluding carboxylic acids is 1. The van der Waals surface area contributed by atoms with Crippen LogP contribution in [0.1, 0.15) is 65.2 Å². The Bertz CT molecular complexity index is 301. The maximum Gasteiger partial charge on any atom is 0.225 e. The smallest absolute Gasteiger partial charge is 0.225 e. The van der Waals surface area contributed by atoms with E-state index in [0.29, 0.717) is 5.92 Å². The summed E-state index contributed by atoms with van der Waals surface area (Å²) in [5.74, 6) is 1.76. The van der Waals surface area contributed by atoms with Crippen LogP contribution in [0.25, 0.3) is 0 Å². The first-order valence-electron chi connectivity index (χ1n) is 8.38. The van der Waals surface area contributed by atoms with Crippen LogP contribution in [0.5, 0.6) is 0 Å². The summed E-state index contributed by atoms with van der Waals surface area (Å²) < 4.78 is 0. The SMILES string of the molecule is CC(C)[C@H](CC=CCCC1CCCCC1)C(=O)N(C)C. The summed E-state index contributed by atoms with van der Waals surface area (Å²) >= 11 is 0. The van der Waals surface area contributed by atoms with Crippen molar-refractivity contribution in [2.24, 2.45) is 17.8 Å². The van der Waals surface area contributed by atoms with Gasteiger partial charge in [-0.1, -0.05) is 58.1 Å². The predicted molar refractivity (Wildman–Crippen MR) is 86.6 cm³/mol. The molecule has 1 atom stereocenters. The molecule has 0 unspecified atom stereocenters. The monoisotopic (exact) mass is 279 g/mol. The van der Waals surface area contributed by atoms with Gasteiger partial charge in [-0.15, -0.1) is 0 Å². The van der Waals surface area contributed by atoms with Gasteiger partial charge in [0.1, 0.15) is 0 Å². The Morgan fingerprint density at radius 2 is 1.80 bits per heavy atom. The van der Waals surface area contributed by atoms with E-state index in [0.717, 1.165) is 12.3 Å². The highest BCUT2D eigenvalue weighted by Crippen LogP contribution is 2.27. The molecule has 0 spiro atoms. The Hall–Kier alpha value is -0.790. The molecule has 0 N–H and O–H groups in total. The lowest BCUT2D eigenvalue weighted by molar-refractivity contribution is -0.134. The summed E-state index contributed by atoms with van der Waals surface area (Å²) in [6, 6.07) is 0. The fourth-order valence-electron chi connectivity index (χ4n) is 3.16. The average molecular weight is 279 g/mol. The van der Waals surface area contributed by atoms with E-state index < -0.39 is 0 Å². The van der Waals surface area contributed by atoms with Crippen molar-refractivity contribution in [1.29, 1.82) is 0 Å². The van der Waals surface area contributed by atoms with Gasteiger partial charge in [0.2, 0.25) is 5.91 Å². The third-order valence-corrected chi connectivity index (χ3v) is 4.59. The first-order chi connectivity index (χ1) is 9.52. The van der Waals surface area contributed by atoms with E-state index in [-0.39, 0.29) is 11.8 Å². The highest BCUT2D eigenvalue weighted by molar-refractivity contribution is 5.78. The van der Waals surface area contributed by atoms with Crippen molar-refractivity contribution < 1.29 is 4.79 Å². The molecule has 1 saturated carbocycles. The van der Waals surface area contributed by atoms with Crippen LogP contribution in [-0.2, 0) is 4.79 Å². The van der Waals surface area contributed by atoms with Gasteiger partial charge in [-0.25, -0.2) is 0 Å². The molecule has 0 aromatic rings. The molecule has 0 aromatic carbocycles. The second-order valence-corrected chi connectivity index (χ2v) is 6.87. The minimum absolute atomic E-state index is 0.135. The first-order valence-corrected chi connectivity index (χ1v) is 8.38. The number of nitrogens with zero attached hydrogens (tertiary/aromatic N) is 1. The minimum Gasteiger partial charge on any atom is -0.349 e. The summed E-state index contributed by atoms with van der Waals surface area (Å²) in [5.41, 5.74) is 0. The number of hydrogen-bond donors (Lipinski definition) is 0. The van der Waals surface area contributed by atoms with Gasteiger partial charge in [0.15, 0.2) is 0 Å². The van der Waals surface area contributed by atoms with Crippen molar-refractivity contribution in [3.05, 3.63) is 12.2 Å². The van der Waals surface area contributed by atoms with Gasteiger partial charge in [-0.05, 0) is 31.1 Å². The number of carbonyl (C=O) groups is 1. The Kier molecular flexibility index (Phi) is 7.94. The van der Waals surface area contributed by atoms with E-state index in [1.807, 2.05) is 14.1 Å². The highest BCUT2D eigenvalue weighted by Gasteiger charge is 2.22. The summed E-state index contributed by atoms with van der Waals surface area (Å²) in [4.78, 5) is 13.8.